The fraction of sp³-hybridized carbons (Fsp3) is 0.409. The Hall–Kier alpha value is -2.89. The SMILES string of the molecule is Cc1cccc(CCNC(=O)N2CCC(C(=O)NCc3ccccn3)CC2)c1. The van der Waals surface area contributed by atoms with Crippen molar-refractivity contribution in [3.8, 4) is 0 Å². The number of carbonyl (C=O) groups is 2. The summed E-state index contributed by atoms with van der Waals surface area (Å²) in [5.41, 5.74) is 3.30. The number of nitrogens with zero attached hydrogens (tertiary/aromatic N) is 2. The lowest BCUT2D eigenvalue weighted by atomic mass is 9.96. The molecule has 1 aromatic carbocycles. The first-order chi connectivity index (χ1) is 13.6. The highest BCUT2D eigenvalue weighted by molar-refractivity contribution is 5.79. The molecule has 0 spiro atoms. The van der Waals surface area contributed by atoms with Gasteiger partial charge in [-0.2, -0.15) is 0 Å². The molecule has 1 aliphatic heterocycles. The molecule has 0 atom stereocenters. The van der Waals surface area contributed by atoms with E-state index in [9.17, 15) is 9.59 Å². The van der Waals surface area contributed by atoms with Gasteiger partial charge in [0.1, 0.15) is 0 Å². The molecule has 0 aliphatic carbocycles. The van der Waals surface area contributed by atoms with Crippen molar-refractivity contribution in [1.82, 2.24) is 20.5 Å². The number of likely N-dealkylation sites (tertiary alicyclic amines) is 1. The molecule has 1 aromatic heterocycles. The topological polar surface area (TPSA) is 74.3 Å². The number of aryl methyl sites for hydroxylation is 1. The van der Waals surface area contributed by atoms with Crippen LogP contribution in [0, 0.1) is 12.8 Å². The molecule has 1 fully saturated rings. The van der Waals surface area contributed by atoms with Crippen LogP contribution < -0.4 is 10.6 Å². The average Bonchev–Trinajstić information content (AvgIpc) is 2.73. The van der Waals surface area contributed by atoms with Gasteiger partial charge in [-0.25, -0.2) is 4.79 Å². The number of carbonyl (C=O) groups excluding carboxylic acids is 2. The summed E-state index contributed by atoms with van der Waals surface area (Å²) in [4.78, 5) is 30.7. The van der Waals surface area contributed by atoms with E-state index in [4.69, 9.17) is 0 Å². The minimum Gasteiger partial charge on any atom is -0.350 e. The summed E-state index contributed by atoms with van der Waals surface area (Å²) in [7, 11) is 0. The zero-order chi connectivity index (χ0) is 19.8. The number of pyridine rings is 1. The normalized spacial score (nSPS) is 14.5. The van der Waals surface area contributed by atoms with Gasteiger partial charge in [0.15, 0.2) is 0 Å². The average molecular weight is 380 g/mol. The molecule has 0 unspecified atom stereocenters. The first-order valence-corrected chi connectivity index (χ1v) is 9.88. The van der Waals surface area contributed by atoms with E-state index in [-0.39, 0.29) is 17.9 Å². The number of hydrogen-bond acceptors (Lipinski definition) is 3. The summed E-state index contributed by atoms with van der Waals surface area (Å²) < 4.78 is 0. The van der Waals surface area contributed by atoms with Crippen molar-refractivity contribution in [3.63, 3.8) is 0 Å². The quantitative estimate of drug-likeness (QED) is 0.809. The number of aromatic nitrogens is 1. The summed E-state index contributed by atoms with van der Waals surface area (Å²) in [5.74, 6) is 0.00483. The molecule has 2 N–H and O–H groups in total. The fourth-order valence-electron chi connectivity index (χ4n) is 3.46. The Labute approximate surface area is 166 Å². The van der Waals surface area contributed by atoms with Crippen LogP contribution in [0.2, 0.25) is 0 Å². The molecule has 0 saturated carbocycles. The summed E-state index contributed by atoms with van der Waals surface area (Å²) in [6, 6.07) is 13.9. The molecule has 28 heavy (non-hydrogen) atoms. The number of benzene rings is 1. The number of rotatable bonds is 6. The number of piperidine rings is 1. The van der Waals surface area contributed by atoms with Gasteiger partial charge in [0.2, 0.25) is 5.91 Å². The van der Waals surface area contributed by atoms with Gasteiger partial charge >= 0.3 is 6.03 Å². The molecule has 1 saturated heterocycles. The second-order valence-corrected chi connectivity index (χ2v) is 7.27. The van der Waals surface area contributed by atoms with Crippen molar-refractivity contribution >= 4 is 11.9 Å². The van der Waals surface area contributed by atoms with Crippen LogP contribution in [0.5, 0.6) is 0 Å². The van der Waals surface area contributed by atoms with Crippen LogP contribution in [0.3, 0.4) is 0 Å². The third-order valence-electron chi connectivity index (χ3n) is 5.10. The Bertz CT molecular complexity index is 786. The lowest BCUT2D eigenvalue weighted by Crippen LogP contribution is -2.47. The van der Waals surface area contributed by atoms with Gasteiger partial charge in [0.25, 0.3) is 0 Å². The van der Waals surface area contributed by atoms with Crippen LogP contribution in [0.25, 0.3) is 0 Å². The van der Waals surface area contributed by atoms with Gasteiger partial charge in [-0.05, 0) is 43.9 Å². The van der Waals surface area contributed by atoms with E-state index in [1.807, 2.05) is 24.3 Å². The van der Waals surface area contributed by atoms with Crippen molar-refractivity contribution in [2.75, 3.05) is 19.6 Å². The minimum atomic E-state index is -0.0417. The third kappa shape index (κ3) is 5.81. The van der Waals surface area contributed by atoms with Crippen molar-refractivity contribution in [2.45, 2.75) is 32.7 Å². The molecule has 6 nitrogen and oxygen atoms in total. The molecule has 3 rings (SSSR count). The summed E-state index contributed by atoms with van der Waals surface area (Å²) >= 11 is 0. The van der Waals surface area contributed by atoms with E-state index in [1.165, 1.54) is 11.1 Å². The Morgan fingerprint density at radius 3 is 2.64 bits per heavy atom. The predicted octanol–water partition coefficient (Wildman–Crippen LogP) is 2.67. The van der Waals surface area contributed by atoms with Crippen LogP contribution in [-0.2, 0) is 17.8 Å². The highest BCUT2D eigenvalue weighted by Gasteiger charge is 2.27. The lowest BCUT2D eigenvalue weighted by Gasteiger charge is -2.31. The van der Waals surface area contributed by atoms with Gasteiger partial charge < -0.3 is 15.5 Å². The second kappa shape index (κ2) is 9.88. The number of nitrogens with one attached hydrogen (secondary N) is 2. The first kappa shape index (κ1) is 19.9. The number of amides is 3. The van der Waals surface area contributed by atoms with Crippen molar-refractivity contribution in [1.29, 1.82) is 0 Å². The molecule has 0 bridgehead atoms. The molecule has 2 heterocycles. The Morgan fingerprint density at radius 2 is 1.93 bits per heavy atom. The fourth-order valence-corrected chi connectivity index (χ4v) is 3.46. The predicted molar refractivity (Wildman–Crippen MR) is 109 cm³/mol. The maximum atomic E-state index is 12.3. The second-order valence-electron chi connectivity index (χ2n) is 7.27. The van der Waals surface area contributed by atoms with Crippen LogP contribution >= 0.6 is 0 Å². The molecule has 0 radical (unpaired) electrons. The van der Waals surface area contributed by atoms with Gasteiger partial charge in [0, 0.05) is 31.7 Å². The van der Waals surface area contributed by atoms with E-state index in [1.54, 1.807) is 11.1 Å². The Morgan fingerprint density at radius 1 is 1.11 bits per heavy atom. The van der Waals surface area contributed by atoms with E-state index >= 15 is 0 Å². The van der Waals surface area contributed by atoms with Gasteiger partial charge in [-0.15, -0.1) is 0 Å². The molecule has 3 amide bonds. The number of hydrogen-bond donors (Lipinski definition) is 2. The monoisotopic (exact) mass is 380 g/mol. The van der Waals surface area contributed by atoms with Gasteiger partial charge in [0.05, 0.1) is 12.2 Å². The van der Waals surface area contributed by atoms with E-state index in [2.05, 4.69) is 40.7 Å². The molecular weight excluding hydrogens is 352 g/mol. The van der Waals surface area contributed by atoms with Crippen LogP contribution in [0.4, 0.5) is 4.79 Å². The highest BCUT2D eigenvalue weighted by atomic mass is 16.2. The Kier molecular flexibility index (Phi) is 7.00. The maximum Gasteiger partial charge on any atom is 0.317 e. The van der Waals surface area contributed by atoms with Gasteiger partial charge in [-0.1, -0.05) is 35.9 Å². The van der Waals surface area contributed by atoms with Crippen LogP contribution in [0.1, 0.15) is 29.7 Å². The molecule has 6 heteroatoms. The molecule has 148 valence electrons. The van der Waals surface area contributed by atoms with Crippen LogP contribution in [-0.4, -0.2) is 41.5 Å². The summed E-state index contributed by atoms with van der Waals surface area (Å²) in [6.45, 7) is 4.35. The van der Waals surface area contributed by atoms with Crippen molar-refractivity contribution < 1.29 is 9.59 Å². The van der Waals surface area contributed by atoms with Crippen molar-refractivity contribution in [3.05, 3.63) is 65.5 Å². The summed E-state index contributed by atoms with van der Waals surface area (Å²) in [6.07, 6.45) is 3.93. The van der Waals surface area contributed by atoms with Crippen LogP contribution in [0.15, 0.2) is 48.7 Å². The maximum absolute atomic E-state index is 12.3. The number of urea groups is 1. The molecular formula is C22H28N4O2. The largest absolute Gasteiger partial charge is 0.350 e. The van der Waals surface area contributed by atoms with E-state index < -0.39 is 0 Å². The van der Waals surface area contributed by atoms with Crippen molar-refractivity contribution in [2.24, 2.45) is 5.92 Å². The standard InChI is InChI=1S/C22H28N4O2/c1-17-5-4-6-18(15-17)8-12-24-22(28)26-13-9-19(10-14-26)21(27)25-16-20-7-2-3-11-23-20/h2-7,11,15,19H,8-10,12-14,16H2,1H3,(H,24,28)(H,25,27). The zero-order valence-electron chi connectivity index (χ0n) is 16.4. The molecule has 1 aliphatic rings. The first-order valence-electron chi connectivity index (χ1n) is 9.88. The smallest absolute Gasteiger partial charge is 0.317 e. The third-order valence-corrected chi connectivity index (χ3v) is 5.10. The lowest BCUT2D eigenvalue weighted by molar-refractivity contribution is -0.126. The van der Waals surface area contributed by atoms with E-state index in [0.29, 0.717) is 39.0 Å². The molecule has 2 aromatic rings. The summed E-state index contributed by atoms with van der Waals surface area (Å²) in [5, 5.41) is 5.94. The highest BCUT2D eigenvalue weighted by Crippen LogP contribution is 2.17. The minimum absolute atomic E-state index is 0.0416. The van der Waals surface area contributed by atoms with Gasteiger partial charge in [-0.3, -0.25) is 9.78 Å². The zero-order valence-corrected chi connectivity index (χ0v) is 16.4. The Balaban J connectivity index is 1.35. The van der Waals surface area contributed by atoms with E-state index in [0.717, 1.165) is 12.1 Å².